The second kappa shape index (κ2) is 6.19. The number of tetrazole rings is 1. The summed E-state index contributed by atoms with van der Waals surface area (Å²) in [5, 5.41) is 18.8. The lowest BCUT2D eigenvalue weighted by molar-refractivity contribution is 0.544. The van der Waals surface area contributed by atoms with Gasteiger partial charge in [-0.2, -0.15) is 0 Å². The van der Waals surface area contributed by atoms with Crippen LogP contribution in [0.4, 0.5) is 11.5 Å². The Balaban J connectivity index is 1.51. The van der Waals surface area contributed by atoms with Gasteiger partial charge >= 0.3 is 0 Å². The zero-order chi connectivity index (χ0) is 18.4. The molecule has 5 rings (SSSR count). The molecule has 7 heteroatoms. The number of aromatic nitrogens is 5. The molecule has 2 aromatic heterocycles. The zero-order valence-electron chi connectivity index (χ0n) is 15.4. The van der Waals surface area contributed by atoms with E-state index >= 15 is 0 Å². The van der Waals surface area contributed by atoms with E-state index in [4.69, 9.17) is 5.10 Å². The molecule has 0 bridgehead atoms. The van der Waals surface area contributed by atoms with Gasteiger partial charge < -0.3 is 9.80 Å². The first-order valence-electron chi connectivity index (χ1n) is 9.26. The fraction of sp³-hybridized carbons (Fsp3) is 0.300. The van der Waals surface area contributed by atoms with Gasteiger partial charge in [-0.05, 0) is 42.0 Å². The molecule has 1 aliphatic heterocycles. The number of hydrogen-bond donors (Lipinski definition) is 0. The highest BCUT2D eigenvalue weighted by Gasteiger charge is 2.26. The molecule has 0 N–H and O–H groups in total. The van der Waals surface area contributed by atoms with E-state index in [0.29, 0.717) is 11.7 Å². The monoisotopic (exact) mass is 359 g/mol. The number of rotatable bonds is 2. The van der Waals surface area contributed by atoms with Gasteiger partial charge in [0, 0.05) is 42.1 Å². The van der Waals surface area contributed by atoms with E-state index in [1.54, 1.807) is 0 Å². The van der Waals surface area contributed by atoms with Crippen LogP contribution in [0.3, 0.4) is 0 Å². The van der Waals surface area contributed by atoms with E-state index in [2.05, 4.69) is 75.6 Å². The minimum absolute atomic E-state index is 0.380. The molecule has 0 aliphatic carbocycles. The summed E-state index contributed by atoms with van der Waals surface area (Å²) in [4.78, 5) is 4.82. The number of piperazine rings is 1. The van der Waals surface area contributed by atoms with Gasteiger partial charge in [-0.15, -0.1) is 14.8 Å². The van der Waals surface area contributed by atoms with Gasteiger partial charge in [0.25, 0.3) is 0 Å². The number of fused-ring (bicyclic) bond motifs is 3. The summed E-state index contributed by atoms with van der Waals surface area (Å²) in [6, 6.07) is 17.3. The molecule has 0 saturated carbocycles. The van der Waals surface area contributed by atoms with Gasteiger partial charge in [-0.1, -0.05) is 36.4 Å². The molecule has 1 fully saturated rings. The summed E-state index contributed by atoms with van der Waals surface area (Å²) in [6.45, 7) is 7.17. The van der Waals surface area contributed by atoms with Crippen molar-refractivity contribution in [3.8, 4) is 0 Å². The molecule has 0 radical (unpaired) electrons. The Kier molecular flexibility index (Phi) is 3.67. The van der Waals surface area contributed by atoms with Gasteiger partial charge in [0.15, 0.2) is 5.82 Å². The zero-order valence-corrected chi connectivity index (χ0v) is 15.4. The van der Waals surface area contributed by atoms with Gasteiger partial charge in [0.1, 0.15) is 0 Å². The van der Waals surface area contributed by atoms with Crippen LogP contribution in [0.1, 0.15) is 12.5 Å². The third-order valence-electron chi connectivity index (χ3n) is 5.31. The van der Waals surface area contributed by atoms with Crippen LogP contribution in [-0.4, -0.2) is 50.9 Å². The van der Waals surface area contributed by atoms with Crippen molar-refractivity contribution in [1.82, 2.24) is 25.3 Å². The second-order valence-electron chi connectivity index (χ2n) is 7.19. The van der Waals surface area contributed by atoms with Crippen molar-refractivity contribution in [2.24, 2.45) is 0 Å². The maximum atomic E-state index is 4.72. The molecule has 0 spiro atoms. The molecule has 4 aromatic rings. The Morgan fingerprint density at radius 2 is 1.85 bits per heavy atom. The maximum absolute atomic E-state index is 4.72. The minimum Gasteiger partial charge on any atom is -0.365 e. The second-order valence-corrected chi connectivity index (χ2v) is 7.19. The fourth-order valence-corrected chi connectivity index (χ4v) is 4.00. The number of benzene rings is 2. The number of hydrogen-bond acceptors (Lipinski definition) is 6. The molecule has 136 valence electrons. The average Bonchev–Trinajstić information content (AvgIpc) is 3.16. The van der Waals surface area contributed by atoms with Crippen molar-refractivity contribution < 1.29 is 0 Å². The van der Waals surface area contributed by atoms with Crippen molar-refractivity contribution in [2.75, 3.05) is 29.4 Å². The van der Waals surface area contributed by atoms with Gasteiger partial charge in [0.05, 0.1) is 0 Å². The Hall–Kier alpha value is -3.22. The molecule has 0 amide bonds. The summed E-state index contributed by atoms with van der Waals surface area (Å²) in [6.07, 6.45) is 0. The lowest BCUT2D eigenvalue weighted by Crippen LogP contribution is -2.52. The summed E-state index contributed by atoms with van der Waals surface area (Å²) < 4.78 is 1.54. The molecular weight excluding hydrogens is 338 g/mol. The van der Waals surface area contributed by atoms with Gasteiger partial charge in [-0.3, -0.25) is 0 Å². The standard InChI is InChI=1S/C20H21N7/c1-14-6-5-7-16(12-14)26-11-10-25(13-15(26)2)20-18-9-4-3-8-17(18)19-21-23-24-27(19)22-20/h3-9,12,15H,10-11,13H2,1-2H3/t15-/m0/s1. The first-order chi connectivity index (χ1) is 13.2. The molecule has 0 unspecified atom stereocenters. The van der Waals surface area contributed by atoms with E-state index in [1.165, 1.54) is 15.9 Å². The molecule has 2 aromatic carbocycles. The van der Waals surface area contributed by atoms with Gasteiger partial charge in [0.2, 0.25) is 5.65 Å². The molecular formula is C20H21N7. The fourth-order valence-electron chi connectivity index (χ4n) is 4.00. The summed E-state index contributed by atoms with van der Waals surface area (Å²) in [5.74, 6) is 0.946. The third kappa shape index (κ3) is 2.66. The van der Waals surface area contributed by atoms with Crippen molar-refractivity contribution in [1.29, 1.82) is 0 Å². The summed E-state index contributed by atoms with van der Waals surface area (Å²) in [7, 11) is 0. The van der Waals surface area contributed by atoms with Crippen LogP contribution in [0.2, 0.25) is 0 Å². The van der Waals surface area contributed by atoms with E-state index in [-0.39, 0.29) is 0 Å². The number of aryl methyl sites for hydroxylation is 1. The number of anilines is 2. The Morgan fingerprint density at radius 1 is 1.00 bits per heavy atom. The van der Waals surface area contributed by atoms with E-state index in [9.17, 15) is 0 Å². The topological polar surface area (TPSA) is 62.5 Å². The Morgan fingerprint density at radius 3 is 2.67 bits per heavy atom. The number of nitrogens with zero attached hydrogens (tertiary/aromatic N) is 7. The summed E-state index contributed by atoms with van der Waals surface area (Å²) >= 11 is 0. The van der Waals surface area contributed by atoms with Gasteiger partial charge in [-0.25, -0.2) is 0 Å². The first-order valence-corrected chi connectivity index (χ1v) is 9.26. The van der Waals surface area contributed by atoms with Crippen LogP contribution in [-0.2, 0) is 0 Å². The Bertz CT molecular complexity index is 1120. The van der Waals surface area contributed by atoms with Crippen LogP contribution in [0.5, 0.6) is 0 Å². The molecule has 1 saturated heterocycles. The average molecular weight is 359 g/mol. The van der Waals surface area contributed by atoms with E-state index in [1.807, 2.05) is 12.1 Å². The van der Waals surface area contributed by atoms with Crippen molar-refractivity contribution in [3.63, 3.8) is 0 Å². The SMILES string of the molecule is Cc1cccc(N2CCN(c3nn4nnnc4c4ccccc34)C[C@@H]2C)c1. The van der Waals surface area contributed by atoms with Crippen LogP contribution in [0.15, 0.2) is 48.5 Å². The highest BCUT2D eigenvalue weighted by molar-refractivity contribution is 6.00. The normalized spacial score (nSPS) is 17.8. The van der Waals surface area contributed by atoms with E-state index < -0.39 is 0 Å². The first kappa shape index (κ1) is 16.0. The molecule has 1 atom stereocenters. The van der Waals surface area contributed by atoms with Crippen molar-refractivity contribution in [2.45, 2.75) is 19.9 Å². The molecule has 7 nitrogen and oxygen atoms in total. The van der Waals surface area contributed by atoms with Crippen LogP contribution in [0.25, 0.3) is 16.4 Å². The van der Waals surface area contributed by atoms with Crippen LogP contribution in [0, 0.1) is 6.92 Å². The predicted octanol–water partition coefficient (Wildman–Crippen LogP) is 2.70. The third-order valence-corrected chi connectivity index (χ3v) is 5.31. The lowest BCUT2D eigenvalue weighted by atomic mass is 10.1. The predicted molar refractivity (Wildman–Crippen MR) is 106 cm³/mol. The largest absolute Gasteiger partial charge is 0.365 e. The van der Waals surface area contributed by atoms with Crippen molar-refractivity contribution >= 4 is 27.9 Å². The summed E-state index contributed by atoms with van der Waals surface area (Å²) in [5.41, 5.74) is 3.27. The lowest BCUT2D eigenvalue weighted by Gasteiger charge is -2.42. The van der Waals surface area contributed by atoms with Crippen LogP contribution < -0.4 is 9.80 Å². The molecule has 1 aliphatic rings. The highest BCUT2D eigenvalue weighted by atomic mass is 15.6. The molecule has 27 heavy (non-hydrogen) atoms. The smallest absolute Gasteiger partial charge is 0.207 e. The quantitative estimate of drug-likeness (QED) is 0.548. The minimum atomic E-state index is 0.380. The van der Waals surface area contributed by atoms with E-state index in [0.717, 1.165) is 36.2 Å². The maximum Gasteiger partial charge on any atom is 0.207 e. The van der Waals surface area contributed by atoms with Crippen molar-refractivity contribution in [3.05, 3.63) is 54.1 Å². The highest BCUT2D eigenvalue weighted by Crippen LogP contribution is 2.29. The molecule has 3 heterocycles. The van der Waals surface area contributed by atoms with Crippen LogP contribution >= 0.6 is 0 Å². The Labute approximate surface area is 157 Å².